The number of aliphatic hydroxyl groups is 1. The van der Waals surface area contributed by atoms with E-state index >= 15 is 0 Å². The van der Waals surface area contributed by atoms with Gasteiger partial charge in [-0.2, -0.15) is 0 Å². The van der Waals surface area contributed by atoms with Gasteiger partial charge in [-0.1, -0.05) is 45.8 Å². The summed E-state index contributed by atoms with van der Waals surface area (Å²) in [4.78, 5) is 49.4. The van der Waals surface area contributed by atoms with Crippen LogP contribution in [0.3, 0.4) is 0 Å². The van der Waals surface area contributed by atoms with Crippen LogP contribution in [-0.2, 0) is 28.6 Å². The summed E-state index contributed by atoms with van der Waals surface area (Å²) in [6, 6.07) is 0. The van der Waals surface area contributed by atoms with Gasteiger partial charge in [0.1, 0.15) is 6.54 Å². The van der Waals surface area contributed by atoms with Gasteiger partial charge in [0.25, 0.3) is 5.91 Å². The van der Waals surface area contributed by atoms with E-state index in [1.54, 1.807) is 12.2 Å². The van der Waals surface area contributed by atoms with E-state index < -0.39 is 65.9 Å². The summed E-state index contributed by atoms with van der Waals surface area (Å²) < 4.78 is 17.9. The van der Waals surface area contributed by atoms with Crippen LogP contribution < -0.4 is 16.6 Å². The van der Waals surface area contributed by atoms with Crippen molar-refractivity contribution in [2.45, 2.75) is 90.3 Å². The van der Waals surface area contributed by atoms with E-state index in [1.807, 2.05) is 32.3 Å². The highest BCUT2D eigenvalue weighted by Gasteiger charge is 2.73. The van der Waals surface area contributed by atoms with Gasteiger partial charge in [0, 0.05) is 10.8 Å². The largest absolute Gasteiger partial charge is 0.441 e. The highest BCUT2D eigenvalue weighted by Crippen LogP contribution is 2.66. The molecule has 3 fully saturated rings. The van der Waals surface area contributed by atoms with E-state index in [4.69, 9.17) is 20.1 Å². The SMILES string of the molecule is CCCC1O[C@@H]2C[C@H]3C[C@@H]([C@@]4(C)C=CC(=O)C=C4CC)[C@@H](O)C[C@]3(C)[C@]2(C(=O)COC(=O)NCC(=O)NN)O1. The topological polar surface area (TPSA) is 166 Å². The average Bonchev–Trinajstić information content (AvgIpc) is 3.38. The van der Waals surface area contributed by atoms with Crippen molar-refractivity contribution in [3.8, 4) is 0 Å². The van der Waals surface area contributed by atoms with E-state index in [9.17, 15) is 24.3 Å². The minimum absolute atomic E-state index is 0.00883. The number of rotatable bonds is 9. The molecule has 5 N–H and O–H groups in total. The second kappa shape index (κ2) is 11.1. The van der Waals surface area contributed by atoms with Crippen LogP contribution in [0.2, 0.25) is 0 Å². The molecule has 1 aliphatic heterocycles. The quantitative estimate of drug-likeness (QED) is 0.191. The Hall–Kier alpha value is -2.60. The monoisotopic (exact) mass is 547 g/mol. The third kappa shape index (κ3) is 4.94. The lowest BCUT2D eigenvalue weighted by Crippen LogP contribution is -2.61. The summed E-state index contributed by atoms with van der Waals surface area (Å²) >= 11 is 0. The van der Waals surface area contributed by atoms with Crippen LogP contribution in [0.4, 0.5) is 4.79 Å². The van der Waals surface area contributed by atoms with E-state index in [0.717, 1.165) is 12.0 Å². The molecule has 4 aliphatic rings. The molecule has 39 heavy (non-hydrogen) atoms. The first-order valence-electron chi connectivity index (χ1n) is 13.8. The van der Waals surface area contributed by atoms with Crippen LogP contribution in [0.15, 0.2) is 23.8 Å². The number of alkyl carbamates (subject to hydrolysis) is 1. The zero-order chi connectivity index (χ0) is 28.6. The number of ether oxygens (including phenoxy) is 3. The number of amides is 2. The van der Waals surface area contributed by atoms with Crippen LogP contribution in [0.1, 0.15) is 66.2 Å². The van der Waals surface area contributed by atoms with Crippen LogP contribution >= 0.6 is 0 Å². The molecule has 1 unspecified atom stereocenters. The fourth-order valence-electron chi connectivity index (χ4n) is 7.50. The van der Waals surface area contributed by atoms with Crippen LogP contribution in [0, 0.1) is 22.7 Å². The van der Waals surface area contributed by atoms with Crippen molar-refractivity contribution in [2.75, 3.05) is 13.2 Å². The molecule has 0 bridgehead atoms. The first-order chi connectivity index (χ1) is 18.4. The number of nitrogens with one attached hydrogen (secondary N) is 2. The maximum absolute atomic E-state index is 13.9. The molecule has 2 amide bonds. The van der Waals surface area contributed by atoms with Crippen LogP contribution in [0.25, 0.3) is 0 Å². The summed E-state index contributed by atoms with van der Waals surface area (Å²) in [6.07, 6.45) is 5.94. The fraction of sp³-hybridized carbons (Fsp3) is 0.714. The summed E-state index contributed by atoms with van der Waals surface area (Å²) in [5.41, 5.74) is 0.242. The van der Waals surface area contributed by atoms with Gasteiger partial charge >= 0.3 is 6.09 Å². The molecule has 0 aromatic rings. The first-order valence-corrected chi connectivity index (χ1v) is 13.8. The van der Waals surface area contributed by atoms with Crippen molar-refractivity contribution in [3.63, 3.8) is 0 Å². The Balaban J connectivity index is 1.58. The maximum Gasteiger partial charge on any atom is 0.408 e. The highest BCUT2D eigenvalue weighted by atomic mass is 16.7. The highest BCUT2D eigenvalue weighted by molar-refractivity contribution is 6.01. The number of Topliss-reactive ketones (excluding diaryl/α,β-unsaturated/α-hetero) is 1. The second-order valence-corrected chi connectivity index (χ2v) is 11.6. The molecule has 3 aliphatic carbocycles. The number of hydrazine groups is 1. The van der Waals surface area contributed by atoms with E-state index in [2.05, 4.69) is 12.2 Å². The molecule has 11 heteroatoms. The number of hydrogen-bond acceptors (Lipinski definition) is 9. The second-order valence-electron chi connectivity index (χ2n) is 11.6. The third-order valence-corrected chi connectivity index (χ3v) is 9.55. The number of aliphatic hydroxyl groups excluding tert-OH is 1. The molecule has 8 atom stereocenters. The Morgan fingerprint density at radius 1 is 1.23 bits per heavy atom. The number of ketones is 2. The molecule has 216 valence electrons. The lowest BCUT2D eigenvalue weighted by atomic mass is 9.53. The first kappa shape index (κ1) is 29.4. The minimum Gasteiger partial charge on any atom is -0.441 e. The summed E-state index contributed by atoms with van der Waals surface area (Å²) in [7, 11) is 0. The molecule has 11 nitrogen and oxygen atoms in total. The fourth-order valence-corrected chi connectivity index (χ4v) is 7.50. The molecular weight excluding hydrogens is 506 g/mol. The number of carbonyl (C=O) groups is 4. The van der Waals surface area contributed by atoms with Gasteiger partial charge in [0.2, 0.25) is 5.78 Å². The number of fused-ring (bicyclic) bond motifs is 3. The smallest absolute Gasteiger partial charge is 0.408 e. The van der Waals surface area contributed by atoms with Crippen molar-refractivity contribution >= 4 is 23.6 Å². The standard InChI is InChI=1S/C28H41N3O8/c1-5-7-24-38-22-12-17-11-19(26(3)9-8-18(32)10-16(26)6-2)20(33)13-27(17,4)28(22,39-24)21(34)15-37-25(36)30-14-23(35)31-29/h8-10,17,19-20,22,24,33H,5-7,11-15,29H2,1-4H3,(H,30,36)(H,31,35)/t17-,19-,20+,22-,24?,26+,27+,28-/m1/s1. The van der Waals surface area contributed by atoms with Crippen LogP contribution in [-0.4, -0.2) is 65.9 Å². The number of carbonyl (C=O) groups excluding carboxylic acids is 4. The Morgan fingerprint density at radius 3 is 2.64 bits per heavy atom. The normalized spacial score (nSPS) is 39.0. The molecule has 0 aromatic carbocycles. The van der Waals surface area contributed by atoms with Crippen molar-refractivity contribution in [1.29, 1.82) is 0 Å². The Morgan fingerprint density at radius 2 is 1.97 bits per heavy atom. The molecule has 4 rings (SSSR count). The van der Waals surface area contributed by atoms with Crippen LogP contribution in [0.5, 0.6) is 0 Å². The predicted octanol–water partition coefficient (Wildman–Crippen LogP) is 1.83. The maximum atomic E-state index is 13.9. The predicted molar refractivity (Wildman–Crippen MR) is 140 cm³/mol. The zero-order valence-corrected chi connectivity index (χ0v) is 23.2. The Labute approximate surface area is 228 Å². The van der Waals surface area contributed by atoms with E-state index in [0.29, 0.717) is 32.1 Å². The molecule has 1 heterocycles. The van der Waals surface area contributed by atoms with Gasteiger partial charge in [-0.3, -0.25) is 19.8 Å². The average molecular weight is 548 g/mol. The summed E-state index contributed by atoms with van der Waals surface area (Å²) in [5, 5.41) is 13.9. The minimum atomic E-state index is -1.39. The van der Waals surface area contributed by atoms with Crippen molar-refractivity contribution in [1.82, 2.24) is 10.7 Å². The lowest BCUT2D eigenvalue weighted by molar-refractivity contribution is -0.188. The zero-order valence-electron chi connectivity index (χ0n) is 23.2. The van der Waals surface area contributed by atoms with Gasteiger partial charge in [0.05, 0.1) is 12.2 Å². The number of hydrogen-bond donors (Lipinski definition) is 4. The van der Waals surface area contributed by atoms with Gasteiger partial charge < -0.3 is 24.6 Å². The molecular formula is C28H41N3O8. The van der Waals surface area contributed by atoms with Crippen molar-refractivity contribution < 1.29 is 38.5 Å². The van der Waals surface area contributed by atoms with Gasteiger partial charge in [-0.25, -0.2) is 10.6 Å². The molecule has 2 saturated carbocycles. The van der Waals surface area contributed by atoms with E-state index in [1.165, 1.54) is 0 Å². The molecule has 1 saturated heterocycles. The number of allylic oxidation sites excluding steroid dienone is 4. The summed E-state index contributed by atoms with van der Waals surface area (Å²) in [5.74, 6) is 3.77. The lowest BCUT2D eigenvalue weighted by Gasteiger charge is -2.53. The Kier molecular flexibility index (Phi) is 8.37. The van der Waals surface area contributed by atoms with Gasteiger partial charge in [-0.15, -0.1) is 0 Å². The summed E-state index contributed by atoms with van der Waals surface area (Å²) in [6.45, 7) is 7.09. The Bertz CT molecular complexity index is 1080. The van der Waals surface area contributed by atoms with Gasteiger partial charge in [-0.05, 0) is 56.1 Å². The third-order valence-electron chi connectivity index (χ3n) is 9.55. The van der Waals surface area contributed by atoms with Gasteiger partial charge in [0.15, 0.2) is 24.3 Å². The molecule has 0 radical (unpaired) electrons. The molecule has 0 aromatic heterocycles. The number of nitrogens with two attached hydrogens (primary N) is 1. The molecule has 0 spiro atoms. The van der Waals surface area contributed by atoms with Crippen molar-refractivity contribution in [3.05, 3.63) is 23.8 Å². The van der Waals surface area contributed by atoms with Crippen molar-refractivity contribution in [2.24, 2.45) is 28.5 Å². The van der Waals surface area contributed by atoms with E-state index in [-0.39, 0.29) is 17.6 Å².